The fourth-order valence-electron chi connectivity index (χ4n) is 2.45. The average Bonchev–Trinajstić information content (AvgIpc) is 2.63. The topological polar surface area (TPSA) is 102 Å². The summed E-state index contributed by atoms with van der Waals surface area (Å²) in [7, 11) is 0. The minimum atomic E-state index is -1.92. The van der Waals surface area contributed by atoms with Gasteiger partial charge < -0.3 is 38.3 Å². The second kappa shape index (κ2) is 13.8. The van der Waals surface area contributed by atoms with Crippen molar-refractivity contribution in [2.24, 2.45) is 0 Å². The lowest BCUT2D eigenvalue weighted by Gasteiger charge is -2.36. The number of carbonyl (C=O) groups excluding carboxylic acids is 1. The van der Waals surface area contributed by atoms with Crippen LogP contribution in [-0.2, 0) is 38.0 Å². The molecule has 2 unspecified atom stereocenters. The molecule has 0 radical (unpaired) electrons. The van der Waals surface area contributed by atoms with Gasteiger partial charge in [-0.15, -0.1) is 0 Å². The van der Waals surface area contributed by atoms with Gasteiger partial charge in [0.2, 0.25) is 11.4 Å². The van der Waals surface area contributed by atoms with Crippen molar-refractivity contribution >= 4 is 5.97 Å². The van der Waals surface area contributed by atoms with Gasteiger partial charge in [0, 0.05) is 33.4 Å². The van der Waals surface area contributed by atoms with E-state index < -0.39 is 23.8 Å². The molecule has 0 aromatic carbocycles. The number of ether oxygens (including phenoxy) is 7. The highest BCUT2D eigenvalue weighted by Gasteiger charge is 2.49. The molecule has 0 aliphatic carbocycles. The molecule has 29 heavy (non-hydrogen) atoms. The maximum absolute atomic E-state index is 13.3. The van der Waals surface area contributed by atoms with Crippen LogP contribution in [0.25, 0.3) is 0 Å². The van der Waals surface area contributed by atoms with Crippen LogP contribution in [0.3, 0.4) is 0 Å². The summed E-state index contributed by atoms with van der Waals surface area (Å²) in [5.74, 6) is -4.59. The predicted molar refractivity (Wildman–Crippen MR) is 106 cm³/mol. The minimum absolute atomic E-state index is 0.139. The first-order valence-electron chi connectivity index (χ1n) is 10.2. The molecule has 0 aliphatic heterocycles. The largest absolute Gasteiger partial charge is 0.465 e. The molecule has 0 saturated carbocycles. The number of hydrogen-bond donors (Lipinski definition) is 1. The van der Waals surface area contributed by atoms with Crippen molar-refractivity contribution in [1.82, 2.24) is 0 Å². The van der Waals surface area contributed by atoms with E-state index in [0.29, 0.717) is 0 Å². The maximum atomic E-state index is 13.3. The van der Waals surface area contributed by atoms with Gasteiger partial charge >= 0.3 is 11.9 Å². The van der Waals surface area contributed by atoms with E-state index in [1.807, 2.05) is 0 Å². The molecule has 172 valence electrons. The SMILES string of the molecule is CCOC(OCC)=C(C(=O)OC(C)(OCC)C(C)O)C(OCC)(OCC)OCC. The maximum Gasteiger partial charge on any atom is 0.352 e. The van der Waals surface area contributed by atoms with E-state index in [9.17, 15) is 9.90 Å². The van der Waals surface area contributed by atoms with Crippen molar-refractivity contribution in [3.05, 3.63) is 11.5 Å². The van der Waals surface area contributed by atoms with Crippen molar-refractivity contribution in [3.8, 4) is 0 Å². The van der Waals surface area contributed by atoms with Crippen molar-refractivity contribution in [2.45, 2.75) is 73.3 Å². The van der Waals surface area contributed by atoms with Gasteiger partial charge in [-0.1, -0.05) is 0 Å². The fourth-order valence-corrected chi connectivity index (χ4v) is 2.45. The Morgan fingerprint density at radius 2 is 1.21 bits per heavy atom. The third-order valence-electron chi connectivity index (χ3n) is 3.75. The predicted octanol–water partition coefficient (Wildman–Crippen LogP) is 2.71. The monoisotopic (exact) mass is 422 g/mol. The molecular formula is C20H38O9. The lowest BCUT2D eigenvalue weighted by molar-refractivity contribution is -0.356. The molecule has 0 heterocycles. The van der Waals surface area contributed by atoms with Gasteiger partial charge in [0.15, 0.2) is 0 Å². The van der Waals surface area contributed by atoms with E-state index in [0.717, 1.165) is 0 Å². The van der Waals surface area contributed by atoms with Crippen LogP contribution >= 0.6 is 0 Å². The summed E-state index contributed by atoms with van der Waals surface area (Å²) in [6, 6.07) is 0. The van der Waals surface area contributed by atoms with Crippen molar-refractivity contribution in [2.75, 3.05) is 39.6 Å². The molecule has 0 bridgehead atoms. The summed E-state index contributed by atoms with van der Waals surface area (Å²) in [5.41, 5.74) is -0.238. The van der Waals surface area contributed by atoms with E-state index in [-0.39, 0.29) is 51.2 Å². The van der Waals surface area contributed by atoms with E-state index in [1.54, 1.807) is 41.5 Å². The summed E-state index contributed by atoms with van der Waals surface area (Å²) in [4.78, 5) is 13.3. The highest BCUT2D eigenvalue weighted by atomic mass is 16.9. The Bertz CT molecular complexity index is 479. The van der Waals surface area contributed by atoms with Gasteiger partial charge in [-0.05, 0) is 48.5 Å². The molecule has 0 aliphatic rings. The molecule has 0 fully saturated rings. The quantitative estimate of drug-likeness (QED) is 0.174. The van der Waals surface area contributed by atoms with Crippen LogP contribution < -0.4 is 0 Å². The molecule has 9 nitrogen and oxygen atoms in total. The molecule has 9 heteroatoms. The van der Waals surface area contributed by atoms with Crippen LogP contribution in [0.1, 0.15) is 55.4 Å². The molecule has 0 saturated heterocycles. The second-order valence-electron chi connectivity index (χ2n) is 5.90. The molecule has 0 rings (SSSR count). The Kier molecular flexibility index (Phi) is 13.1. The highest BCUT2D eigenvalue weighted by molar-refractivity contribution is 5.90. The van der Waals surface area contributed by atoms with Crippen LogP contribution in [0.5, 0.6) is 0 Å². The molecule has 0 spiro atoms. The van der Waals surface area contributed by atoms with E-state index in [1.165, 1.54) is 13.8 Å². The smallest absolute Gasteiger partial charge is 0.352 e. The summed E-state index contributed by atoms with van der Waals surface area (Å²) < 4.78 is 39.4. The van der Waals surface area contributed by atoms with Gasteiger partial charge in [0.25, 0.3) is 5.95 Å². The summed E-state index contributed by atoms with van der Waals surface area (Å²) in [6.07, 6.45) is -1.11. The lowest BCUT2D eigenvalue weighted by Crippen LogP contribution is -2.50. The number of hydrogen-bond acceptors (Lipinski definition) is 9. The molecule has 2 atom stereocenters. The summed E-state index contributed by atoms with van der Waals surface area (Å²) >= 11 is 0. The van der Waals surface area contributed by atoms with Crippen LogP contribution in [-0.4, -0.2) is 68.6 Å². The fraction of sp³-hybridized carbons (Fsp3) is 0.850. The second-order valence-corrected chi connectivity index (χ2v) is 5.90. The molecule has 1 N–H and O–H groups in total. The summed E-state index contributed by atoms with van der Waals surface area (Å²) in [5, 5.41) is 10.1. The van der Waals surface area contributed by atoms with Crippen LogP contribution in [0.15, 0.2) is 11.5 Å². The Hall–Kier alpha value is -1.39. The average molecular weight is 423 g/mol. The Morgan fingerprint density at radius 1 is 0.793 bits per heavy atom. The summed E-state index contributed by atoms with van der Waals surface area (Å²) in [6.45, 7) is 14.5. The Morgan fingerprint density at radius 3 is 1.52 bits per heavy atom. The first-order chi connectivity index (χ1) is 13.7. The van der Waals surface area contributed by atoms with Gasteiger partial charge in [-0.25, -0.2) is 4.79 Å². The van der Waals surface area contributed by atoms with Crippen LogP contribution in [0, 0.1) is 0 Å². The molecule has 0 amide bonds. The van der Waals surface area contributed by atoms with E-state index in [4.69, 9.17) is 33.2 Å². The third-order valence-corrected chi connectivity index (χ3v) is 3.75. The highest BCUT2D eigenvalue weighted by Crippen LogP contribution is 2.32. The number of carbonyl (C=O) groups is 1. The normalized spacial score (nSPS) is 14.7. The third kappa shape index (κ3) is 7.75. The molecular weight excluding hydrogens is 384 g/mol. The molecule has 0 aromatic rings. The van der Waals surface area contributed by atoms with Crippen LogP contribution in [0.2, 0.25) is 0 Å². The van der Waals surface area contributed by atoms with Gasteiger partial charge in [0.05, 0.1) is 13.2 Å². The number of aliphatic hydroxyl groups excluding tert-OH is 1. The van der Waals surface area contributed by atoms with Gasteiger partial charge in [-0.3, -0.25) is 0 Å². The first kappa shape index (κ1) is 27.6. The Balaban J connectivity index is 6.54. The zero-order valence-electron chi connectivity index (χ0n) is 19.0. The number of aliphatic hydroxyl groups is 1. The minimum Gasteiger partial charge on any atom is -0.465 e. The zero-order chi connectivity index (χ0) is 22.5. The van der Waals surface area contributed by atoms with Gasteiger partial charge in [0.1, 0.15) is 6.10 Å². The number of esters is 1. The Labute approximate surface area is 174 Å². The lowest BCUT2D eigenvalue weighted by atomic mass is 10.1. The number of rotatable bonds is 16. The van der Waals surface area contributed by atoms with Gasteiger partial charge in [-0.2, -0.15) is 0 Å². The van der Waals surface area contributed by atoms with Crippen molar-refractivity contribution < 1.29 is 43.1 Å². The standard InChI is InChI=1S/C20H38O9/c1-9-23-18(24-10-2)16(20(26-12-4,27-13-5)28-14-6)17(22)29-19(8,15(7)21)25-11-3/h15,21H,9-14H2,1-8H3. The van der Waals surface area contributed by atoms with E-state index in [2.05, 4.69) is 0 Å². The zero-order valence-corrected chi connectivity index (χ0v) is 19.0. The first-order valence-corrected chi connectivity index (χ1v) is 10.2. The molecule has 0 aromatic heterocycles. The van der Waals surface area contributed by atoms with E-state index >= 15 is 0 Å². The van der Waals surface area contributed by atoms with Crippen molar-refractivity contribution in [1.29, 1.82) is 0 Å². The van der Waals surface area contributed by atoms with Crippen LogP contribution in [0.4, 0.5) is 0 Å². The van der Waals surface area contributed by atoms with Crippen molar-refractivity contribution in [3.63, 3.8) is 0 Å².